The predicted octanol–water partition coefficient (Wildman–Crippen LogP) is 18.1. The Labute approximate surface area is 379 Å². The molecule has 10 aromatic carbocycles. The van der Waals surface area contributed by atoms with E-state index in [1.54, 1.807) is 0 Å². The molecular formula is C60H38N2O2S. The number of fused-ring (bicyclic) bond motifs is 9. The van der Waals surface area contributed by atoms with Crippen molar-refractivity contribution < 1.29 is 8.83 Å². The Morgan fingerprint density at radius 2 is 0.846 bits per heavy atom. The van der Waals surface area contributed by atoms with Gasteiger partial charge in [-0.15, -0.1) is 11.3 Å². The van der Waals surface area contributed by atoms with Crippen molar-refractivity contribution in [2.75, 3.05) is 9.80 Å². The first kappa shape index (κ1) is 37.2. The Morgan fingerprint density at radius 1 is 0.277 bits per heavy atom. The molecule has 5 heteroatoms. The molecule has 0 saturated carbocycles. The second kappa shape index (κ2) is 15.2. The van der Waals surface area contributed by atoms with Crippen LogP contribution in [0.4, 0.5) is 34.1 Å². The third-order valence-corrected chi connectivity index (χ3v) is 13.8. The predicted molar refractivity (Wildman–Crippen MR) is 274 cm³/mol. The first-order valence-corrected chi connectivity index (χ1v) is 22.7. The van der Waals surface area contributed by atoms with Crippen LogP contribution in [0.15, 0.2) is 239 Å². The molecule has 13 rings (SSSR count). The average molecular weight is 851 g/mol. The van der Waals surface area contributed by atoms with Crippen LogP contribution in [0.3, 0.4) is 0 Å². The number of anilines is 6. The number of furan rings is 2. The zero-order chi connectivity index (χ0) is 42.8. The molecule has 306 valence electrons. The van der Waals surface area contributed by atoms with Crippen LogP contribution in [0.2, 0.25) is 0 Å². The molecule has 0 radical (unpaired) electrons. The molecule has 0 N–H and O–H groups in total. The lowest BCUT2D eigenvalue weighted by Gasteiger charge is -2.30. The van der Waals surface area contributed by atoms with E-state index in [4.69, 9.17) is 8.83 Å². The van der Waals surface area contributed by atoms with Crippen LogP contribution in [0, 0.1) is 0 Å². The molecule has 0 amide bonds. The minimum absolute atomic E-state index is 0.828. The van der Waals surface area contributed by atoms with E-state index in [0.717, 1.165) is 94.7 Å². The molecule has 0 aliphatic carbocycles. The van der Waals surface area contributed by atoms with Crippen LogP contribution in [-0.2, 0) is 0 Å². The third kappa shape index (κ3) is 6.36. The van der Waals surface area contributed by atoms with Crippen LogP contribution in [0.1, 0.15) is 0 Å². The summed E-state index contributed by atoms with van der Waals surface area (Å²) < 4.78 is 15.7. The lowest BCUT2D eigenvalue weighted by atomic mass is 9.99. The van der Waals surface area contributed by atoms with Crippen molar-refractivity contribution in [1.29, 1.82) is 0 Å². The molecule has 0 spiro atoms. The van der Waals surface area contributed by atoms with Gasteiger partial charge < -0.3 is 18.6 Å². The SMILES string of the molecule is c1ccc(-c2ccc(N(c3cc(-c4ccc5oc6ccccc6c5c4)cc(N(c4ccccc4)c4ccc5sc6ccccc6c5c4)c3)c3cccc4c3oc3ccccc34)cc2)cc1. The van der Waals surface area contributed by atoms with E-state index in [1.165, 1.54) is 25.7 Å². The molecular weight excluding hydrogens is 813 g/mol. The Bertz CT molecular complexity index is 3900. The highest BCUT2D eigenvalue weighted by molar-refractivity contribution is 7.25. The van der Waals surface area contributed by atoms with Gasteiger partial charge in [0.1, 0.15) is 16.7 Å². The highest BCUT2D eigenvalue weighted by Crippen LogP contribution is 2.48. The van der Waals surface area contributed by atoms with E-state index in [9.17, 15) is 0 Å². The number of thiophene rings is 1. The second-order valence-corrected chi connectivity index (χ2v) is 17.6. The summed E-state index contributed by atoms with van der Waals surface area (Å²) >= 11 is 1.84. The van der Waals surface area contributed by atoms with E-state index in [0.29, 0.717) is 0 Å². The van der Waals surface area contributed by atoms with Gasteiger partial charge in [0.25, 0.3) is 0 Å². The van der Waals surface area contributed by atoms with Gasteiger partial charge in [-0.1, -0.05) is 133 Å². The quantitative estimate of drug-likeness (QED) is 0.152. The number of nitrogens with zero attached hydrogens (tertiary/aromatic N) is 2. The number of benzene rings is 10. The molecule has 0 unspecified atom stereocenters. The van der Waals surface area contributed by atoms with Crippen molar-refractivity contribution in [2.45, 2.75) is 0 Å². The van der Waals surface area contributed by atoms with Gasteiger partial charge in [-0.25, -0.2) is 0 Å². The fourth-order valence-corrected chi connectivity index (χ4v) is 10.7. The van der Waals surface area contributed by atoms with Crippen molar-refractivity contribution in [1.82, 2.24) is 0 Å². The minimum Gasteiger partial charge on any atom is -0.456 e. The maximum Gasteiger partial charge on any atom is 0.159 e. The summed E-state index contributed by atoms with van der Waals surface area (Å²) in [4.78, 5) is 4.75. The molecule has 0 aliphatic rings. The largest absolute Gasteiger partial charge is 0.456 e. The molecule has 13 aromatic rings. The van der Waals surface area contributed by atoms with Gasteiger partial charge in [-0.3, -0.25) is 0 Å². The average Bonchev–Trinajstić information content (AvgIpc) is 4.06. The van der Waals surface area contributed by atoms with E-state index in [1.807, 2.05) is 29.5 Å². The van der Waals surface area contributed by atoms with Gasteiger partial charge in [0.15, 0.2) is 5.58 Å². The third-order valence-electron chi connectivity index (χ3n) is 12.6. The molecule has 3 aromatic heterocycles. The summed E-state index contributed by atoms with van der Waals surface area (Å²) in [7, 11) is 0. The van der Waals surface area contributed by atoms with Crippen molar-refractivity contribution in [3.05, 3.63) is 231 Å². The van der Waals surface area contributed by atoms with Gasteiger partial charge in [-0.05, 0) is 119 Å². The zero-order valence-electron chi connectivity index (χ0n) is 35.1. The van der Waals surface area contributed by atoms with E-state index in [2.05, 4.69) is 222 Å². The Morgan fingerprint density at radius 3 is 1.65 bits per heavy atom. The Hall–Kier alpha value is -8.38. The molecule has 0 fully saturated rings. The second-order valence-electron chi connectivity index (χ2n) is 16.5. The van der Waals surface area contributed by atoms with Gasteiger partial charge in [0.2, 0.25) is 0 Å². The van der Waals surface area contributed by atoms with E-state index in [-0.39, 0.29) is 0 Å². The number of hydrogen-bond donors (Lipinski definition) is 0. The number of para-hydroxylation sites is 4. The summed E-state index contributed by atoms with van der Waals surface area (Å²) in [6.07, 6.45) is 0. The van der Waals surface area contributed by atoms with Crippen LogP contribution < -0.4 is 9.80 Å². The van der Waals surface area contributed by atoms with Gasteiger partial charge in [0, 0.05) is 70.2 Å². The summed E-state index contributed by atoms with van der Waals surface area (Å²) in [5.74, 6) is 0. The lowest BCUT2D eigenvalue weighted by Crippen LogP contribution is -2.14. The zero-order valence-corrected chi connectivity index (χ0v) is 35.9. The Kier molecular flexibility index (Phi) is 8.68. The van der Waals surface area contributed by atoms with Crippen LogP contribution in [-0.4, -0.2) is 0 Å². The molecule has 0 atom stereocenters. The van der Waals surface area contributed by atoms with Gasteiger partial charge in [-0.2, -0.15) is 0 Å². The first-order valence-electron chi connectivity index (χ1n) is 21.9. The van der Waals surface area contributed by atoms with Crippen molar-refractivity contribution in [3.63, 3.8) is 0 Å². The fourth-order valence-electron chi connectivity index (χ4n) is 9.57. The summed E-state index contributed by atoms with van der Waals surface area (Å²) in [5, 5.41) is 6.85. The van der Waals surface area contributed by atoms with Crippen LogP contribution >= 0.6 is 11.3 Å². The minimum atomic E-state index is 0.828. The van der Waals surface area contributed by atoms with Crippen molar-refractivity contribution >= 4 is 110 Å². The van der Waals surface area contributed by atoms with Crippen molar-refractivity contribution in [3.8, 4) is 22.3 Å². The molecule has 4 nitrogen and oxygen atoms in total. The fraction of sp³-hybridized carbons (Fsp3) is 0. The van der Waals surface area contributed by atoms with Gasteiger partial charge in [0.05, 0.1) is 5.69 Å². The monoisotopic (exact) mass is 850 g/mol. The molecule has 0 bridgehead atoms. The van der Waals surface area contributed by atoms with Crippen LogP contribution in [0.25, 0.3) is 86.3 Å². The standard InChI is InChI=1S/C60H38N2O2S/c1-3-14-39(15-4-1)40-26-29-44(30-27-40)62(54-22-13-21-51-48-18-7-11-24-56(48)64-60(51)54)47-35-42(41-28-32-57-52(36-41)49-19-8-10-23-55(49)63-57)34-46(37-47)61(43-16-5-2-6-17-43)45-31-33-59-53(38-45)50-20-9-12-25-58(50)65-59/h1-38H. The molecule has 0 aliphatic heterocycles. The van der Waals surface area contributed by atoms with Crippen molar-refractivity contribution in [2.24, 2.45) is 0 Å². The highest BCUT2D eigenvalue weighted by Gasteiger charge is 2.24. The normalized spacial score (nSPS) is 11.7. The van der Waals surface area contributed by atoms with E-state index >= 15 is 0 Å². The smallest absolute Gasteiger partial charge is 0.159 e. The highest BCUT2D eigenvalue weighted by atomic mass is 32.1. The first-order chi connectivity index (χ1) is 32.2. The van der Waals surface area contributed by atoms with Gasteiger partial charge >= 0.3 is 0 Å². The maximum absolute atomic E-state index is 6.82. The maximum atomic E-state index is 6.82. The number of rotatable bonds is 8. The molecule has 65 heavy (non-hydrogen) atoms. The van der Waals surface area contributed by atoms with E-state index < -0.39 is 0 Å². The Balaban J connectivity index is 1.09. The summed E-state index contributed by atoms with van der Waals surface area (Å²) in [5.41, 5.74) is 14.0. The molecule has 3 heterocycles. The summed E-state index contributed by atoms with van der Waals surface area (Å²) in [6, 6.07) is 82.4. The molecule has 0 saturated heterocycles. The van der Waals surface area contributed by atoms with Crippen LogP contribution in [0.5, 0.6) is 0 Å². The lowest BCUT2D eigenvalue weighted by molar-refractivity contribution is 0.668. The summed E-state index contributed by atoms with van der Waals surface area (Å²) in [6.45, 7) is 0. The topological polar surface area (TPSA) is 32.8 Å². The number of hydrogen-bond acceptors (Lipinski definition) is 5.